The molecule has 8 nitrogen and oxygen atoms in total. The molecule has 15 heteroatoms. The predicted molar refractivity (Wildman–Crippen MR) is 131 cm³/mol. The lowest BCUT2D eigenvalue weighted by molar-refractivity contribution is -0.136. The third-order valence-corrected chi connectivity index (χ3v) is 6.68. The molecule has 2 aromatic carbocycles. The summed E-state index contributed by atoms with van der Waals surface area (Å²) < 4.78 is 98.9. The number of aryl methyl sites for hydroxylation is 1. The van der Waals surface area contributed by atoms with Gasteiger partial charge in [-0.25, -0.2) is 27.1 Å². The molecule has 1 aliphatic rings. The third kappa shape index (κ3) is 5.14. The summed E-state index contributed by atoms with van der Waals surface area (Å²) in [5, 5.41) is 6.18. The third-order valence-electron chi connectivity index (χ3n) is 6.68. The molecule has 41 heavy (non-hydrogen) atoms. The van der Waals surface area contributed by atoms with Crippen molar-refractivity contribution in [2.45, 2.75) is 25.3 Å². The van der Waals surface area contributed by atoms with E-state index in [1.165, 1.54) is 6.92 Å². The fraction of sp³-hybridized carbons (Fsp3) is 0.231. The molecule has 214 valence electrons. The Balaban J connectivity index is 1.44. The summed E-state index contributed by atoms with van der Waals surface area (Å²) in [4.78, 5) is 30.4. The van der Waals surface area contributed by atoms with Gasteiger partial charge in [0.1, 0.15) is 35.5 Å². The van der Waals surface area contributed by atoms with Gasteiger partial charge < -0.3 is 16.0 Å². The van der Waals surface area contributed by atoms with Gasteiger partial charge in [0.15, 0.2) is 5.82 Å². The quantitative estimate of drug-likeness (QED) is 0.350. The van der Waals surface area contributed by atoms with Gasteiger partial charge in [0, 0.05) is 29.3 Å². The van der Waals surface area contributed by atoms with Crippen LogP contribution in [0.4, 0.5) is 36.6 Å². The molecular formula is C26H19F7N6O2. The maximum Gasteiger partial charge on any atom is 0.418 e. The maximum atomic E-state index is 15.1. The van der Waals surface area contributed by atoms with Gasteiger partial charge in [0.2, 0.25) is 0 Å². The normalized spacial score (nSPS) is 17.3. The molecule has 0 saturated carbocycles. The Bertz CT molecular complexity index is 1680. The number of aromatic nitrogens is 3. The van der Waals surface area contributed by atoms with E-state index in [9.17, 15) is 35.9 Å². The first-order valence-electron chi connectivity index (χ1n) is 11.9. The summed E-state index contributed by atoms with van der Waals surface area (Å²) in [6.45, 7) is 0.549. The van der Waals surface area contributed by atoms with Gasteiger partial charge in [-0.3, -0.25) is 9.59 Å². The van der Waals surface area contributed by atoms with E-state index < -0.39 is 76.7 Å². The van der Waals surface area contributed by atoms with Crippen LogP contribution in [0.2, 0.25) is 0 Å². The van der Waals surface area contributed by atoms with Crippen molar-refractivity contribution in [2.24, 2.45) is 0 Å². The van der Waals surface area contributed by atoms with Gasteiger partial charge in [-0.15, -0.1) is 0 Å². The first kappa shape index (κ1) is 27.9. The van der Waals surface area contributed by atoms with E-state index in [1.807, 2.05) is 0 Å². The van der Waals surface area contributed by atoms with E-state index >= 15 is 4.39 Å². The van der Waals surface area contributed by atoms with Gasteiger partial charge in [-0.1, -0.05) is 0 Å². The van der Waals surface area contributed by atoms with Crippen LogP contribution in [-0.2, 0) is 6.18 Å². The van der Waals surface area contributed by atoms with E-state index in [4.69, 9.17) is 5.73 Å². The average Bonchev–Trinajstić information content (AvgIpc) is 3.45. The van der Waals surface area contributed by atoms with Crippen molar-refractivity contribution in [3.63, 3.8) is 0 Å². The summed E-state index contributed by atoms with van der Waals surface area (Å²) in [5.74, 6) is -5.21. The van der Waals surface area contributed by atoms with Crippen molar-refractivity contribution in [1.29, 1.82) is 0 Å². The molecule has 1 saturated heterocycles. The van der Waals surface area contributed by atoms with Crippen molar-refractivity contribution in [2.75, 3.05) is 18.8 Å². The van der Waals surface area contributed by atoms with Crippen LogP contribution in [0.15, 0.2) is 42.7 Å². The lowest BCUT2D eigenvalue weighted by Crippen LogP contribution is -2.42. The largest absolute Gasteiger partial charge is 0.418 e. The van der Waals surface area contributed by atoms with Gasteiger partial charge in [-0.05, 0) is 42.8 Å². The topological polar surface area (TPSA) is 106 Å². The van der Waals surface area contributed by atoms with Crippen LogP contribution in [0.5, 0.6) is 0 Å². The fourth-order valence-corrected chi connectivity index (χ4v) is 4.76. The summed E-state index contributed by atoms with van der Waals surface area (Å²) in [6, 6.07) is 3.48. The smallest absolute Gasteiger partial charge is 0.382 e. The van der Waals surface area contributed by atoms with Crippen molar-refractivity contribution < 1.29 is 40.3 Å². The minimum Gasteiger partial charge on any atom is -0.382 e. The highest BCUT2D eigenvalue weighted by molar-refractivity contribution is 5.98. The SMILES string of the molecule is Cc1cc(F)c(-c2cc(C(F)(F)F)c3c(N)ncnn23)cc1C(=O)N[C@@H]1CN(C(=O)c2cc(F)cc(F)c2)C[C@@H]1F. The number of hydrogen-bond acceptors (Lipinski definition) is 5. The van der Waals surface area contributed by atoms with Crippen LogP contribution in [-0.4, -0.2) is 56.6 Å². The number of amides is 2. The van der Waals surface area contributed by atoms with Crippen LogP contribution < -0.4 is 11.1 Å². The molecule has 2 atom stereocenters. The number of nitrogen functional groups attached to an aromatic ring is 1. The molecule has 3 N–H and O–H groups in total. The Morgan fingerprint density at radius 3 is 2.37 bits per heavy atom. The number of benzene rings is 2. The molecule has 2 amide bonds. The van der Waals surface area contributed by atoms with Gasteiger partial charge in [-0.2, -0.15) is 18.3 Å². The van der Waals surface area contributed by atoms with Crippen molar-refractivity contribution in [3.05, 3.63) is 82.4 Å². The molecule has 0 aliphatic carbocycles. The average molecular weight is 580 g/mol. The van der Waals surface area contributed by atoms with Crippen LogP contribution in [0.3, 0.4) is 0 Å². The number of anilines is 1. The molecule has 2 aromatic heterocycles. The lowest BCUT2D eigenvalue weighted by atomic mass is 10.0. The second kappa shape index (κ2) is 10.1. The molecule has 0 bridgehead atoms. The first-order chi connectivity index (χ1) is 19.2. The van der Waals surface area contributed by atoms with Crippen LogP contribution in [0, 0.1) is 24.4 Å². The van der Waals surface area contributed by atoms with E-state index in [1.54, 1.807) is 0 Å². The first-order valence-corrected chi connectivity index (χ1v) is 11.9. The molecule has 3 heterocycles. The highest BCUT2D eigenvalue weighted by atomic mass is 19.4. The lowest BCUT2D eigenvalue weighted by Gasteiger charge is -2.18. The molecule has 1 fully saturated rings. The zero-order valence-corrected chi connectivity index (χ0v) is 20.9. The molecular weight excluding hydrogens is 561 g/mol. The minimum atomic E-state index is -4.89. The number of hydrogen-bond donors (Lipinski definition) is 2. The summed E-state index contributed by atoms with van der Waals surface area (Å²) >= 11 is 0. The van der Waals surface area contributed by atoms with Crippen molar-refractivity contribution in [1.82, 2.24) is 24.8 Å². The van der Waals surface area contributed by atoms with Crippen LogP contribution >= 0.6 is 0 Å². The van der Waals surface area contributed by atoms with Crippen molar-refractivity contribution >= 4 is 23.1 Å². The molecule has 0 unspecified atom stereocenters. The Kier molecular flexibility index (Phi) is 6.83. The zero-order valence-electron chi connectivity index (χ0n) is 20.9. The van der Waals surface area contributed by atoms with Crippen LogP contribution in [0.1, 0.15) is 31.8 Å². The Morgan fingerprint density at radius 2 is 1.71 bits per heavy atom. The number of nitrogens with zero attached hydrogens (tertiary/aromatic N) is 4. The maximum absolute atomic E-state index is 15.1. The number of nitrogens with two attached hydrogens (primary N) is 1. The van der Waals surface area contributed by atoms with E-state index in [0.717, 1.165) is 40.0 Å². The van der Waals surface area contributed by atoms with Gasteiger partial charge in [0.25, 0.3) is 11.8 Å². The Labute approximate surface area is 226 Å². The molecule has 0 radical (unpaired) electrons. The number of nitrogens with one attached hydrogen (secondary N) is 1. The van der Waals surface area contributed by atoms with Crippen LogP contribution in [0.25, 0.3) is 16.8 Å². The minimum absolute atomic E-state index is 0.0892. The number of carbonyl (C=O) groups excluding carboxylic acids is 2. The van der Waals surface area contributed by atoms with E-state index in [0.29, 0.717) is 12.1 Å². The second-order valence-corrected chi connectivity index (χ2v) is 9.46. The van der Waals surface area contributed by atoms with Gasteiger partial charge >= 0.3 is 6.18 Å². The number of carbonyl (C=O) groups is 2. The Morgan fingerprint density at radius 1 is 1.02 bits per heavy atom. The number of likely N-dealkylation sites (tertiary alicyclic amines) is 1. The molecule has 0 spiro atoms. The van der Waals surface area contributed by atoms with Crippen molar-refractivity contribution in [3.8, 4) is 11.3 Å². The van der Waals surface area contributed by atoms with Gasteiger partial charge in [0.05, 0.1) is 23.8 Å². The van der Waals surface area contributed by atoms with E-state index in [2.05, 4.69) is 15.4 Å². The summed E-state index contributed by atoms with van der Waals surface area (Å²) in [6.07, 6.45) is -5.76. The van der Waals surface area contributed by atoms with E-state index in [-0.39, 0.29) is 28.9 Å². The summed E-state index contributed by atoms with van der Waals surface area (Å²) in [5.41, 5.74) is 2.60. The number of rotatable bonds is 4. The molecule has 4 aromatic rings. The predicted octanol–water partition coefficient (Wildman–Crippen LogP) is 4.32. The highest BCUT2D eigenvalue weighted by Gasteiger charge is 2.38. The number of alkyl halides is 4. The molecule has 5 rings (SSSR count). The zero-order chi connectivity index (χ0) is 29.8. The molecule has 1 aliphatic heterocycles. The fourth-order valence-electron chi connectivity index (χ4n) is 4.76. The second-order valence-electron chi connectivity index (χ2n) is 9.46. The monoisotopic (exact) mass is 580 g/mol. The summed E-state index contributed by atoms with van der Waals surface area (Å²) in [7, 11) is 0. The standard InChI is InChI=1S/C26H19F7N6O2/c1-11-2-18(29)16(21-7-17(26(31,32)33)22-23(34)35-10-36-39(21)22)6-15(11)24(40)37-20-9-38(8-19(20)30)25(41)12-3-13(27)5-14(28)4-12/h2-7,10,19-20H,8-9H2,1H3,(H,37,40)(H2,34,35,36)/t19-,20+/m0/s1. The number of halogens is 7. The highest BCUT2D eigenvalue weighted by Crippen LogP contribution is 2.39. The number of fused-ring (bicyclic) bond motifs is 1. The Hall–Kier alpha value is -4.69.